The number of rotatable bonds is 3. The molecule has 3 rings (SSSR count). The average molecular weight is 297 g/mol. The smallest absolute Gasteiger partial charge is 0.122 e. The maximum Gasteiger partial charge on any atom is 0.122 e. The lowest BCUT2D eigenvalue weighted by atomic mass is 10.1. The third-order valence-corrected chi connectivity index (χ3v) is 4.04. The molecule has 1 aromatic carbocycles. The largest absolute Gasteiger partial charge is 0.497 e. The summed E-state index contributed by atoms with van der Waals surface area (Å²) in [5.74, 6) is 0.872. The van der Waals surface area contributed by atoms with Crippen molar-refractivity contribution in [3.8, 4) is 5.75 Å². The van der Waals surface area contributed by atoms with Crippen LogP contribution < -0.4 is 15.0 Å². The summed E-state index contributed by atoms with van der Waals surface area (Å²) >= 11 is 0. The molecule has 0 saturated heterocycles. The molecule has 4 heteroatoms. The molecule has 1 N–H and O–H groups in total. The molecule has 1 aromatic heterocycles. The molecule has 0 spiro atoms. The zero-order chi connectivity index (χ0) is 15.5. The number of hydrogen-bond donors (Lipinski definition) is 1. The predicted octanol–water partition coefficient (Wildman–Crippen LogP) is 2.90. The fourth-order valence-electron chi connectivity index (χ4n) is 2.99. The Hall–Kier alpha value is -2.07. The third kappa shape index (κ3) is 3.22. The van der Waals surface area contributed by atoms with Gasteiger partial charge in [-0.3, -0.25) is 4.98 Å². The van der Waals surface area contributed by atoms with Crippen molar-refractivity contribution in [1.82, 2.24) is 10.3 Å². The van der Waals surface area contributed by atoms with Crippen molar-refractivity contribution in [2.45, 2.75) is 33.0 Å². The number of methoxy groups -OCH3 is 1. The highest BCUT2D eigenvalue weighted by molar-refractivity contribution is 5.55. The normalized spacial score (nSPS) is 17.8. The zero-order valence-electron chi connectivity index (χ0n) is 13.5. The topological polar surface area (TPSA) is 37.4 Å². The summed E-state index contributed by atoms with van der Waals surface area (Å²) in [6.45, 7) is 6.91. The zero-order valence-corrected chi connectivity index (χ0v) is 13.5. The second kappa shape index (κ2) is 6.36. The van der Waals surface area contributed by atoms with Gasteiger partial charge in [0.05, 0.1) is 19.3 Å². The number of fused-ring (bicyclic) bond motifs is 1. The Morgan fingerprint density at radius 3 is 2.95 bits per heavy atom. The number of pyridine rings is 1. The molecule has 2 heterocycles. The fraction of sp³-hybridized carbons (Fsp3) is 0.389. The van der Waals surface area contributed by atoms with Gasteiger partial charge in [0, 0.05) is 42.6 Å². The van der Waals surface area contributed by atoms with Crippen LogP contribution in [0, 0.1) is 6.92 Å². The van der Waals surface area contributed by atoms with Crippen molar-refractivity contribution in [1.29, 1.82) is 0 Å². The van der Waals surface area contributed by atoms with Gasteiger partial charge in [-0.1, -0.05) is 18.2 Å². The van der Waals surface area contributed by atoms with Crippen LogP contribution in [0.4, 0.5) is 5.69 Å². The van der Waals surface area contributed by atoms with Crippen LogP contribution >= 0.6 is 0 Å². The van der Waals surface area contributed by atoms with Crippen molar-refractivity contribution in [2.24, 2.45) is 0 Å². The van der Waals surface area contributed by atoms with Gasteiger partial charge in [0.15, 0.2) is 0 Å². The number of hydrogen-bond acceptors (Lipinski definition) is 4. The molecule has 4 nitrogen and oxygen atoms in total. The van der Waals surface area contributed by atoms with E-state index in [0.29, 0.717) is 6.04 Å². The van der Waals surface area contributed by atoms with Crippen molar-refractivity contribution in [3.63, 3.8) is 0 Å². The maximum atomic E-state index is 5.37. The molecule has 0 aliphatic carbocycles. The van der Waals surface area contributed by atoms with E-state index >= 15 is 0 Å². The van der Waals surface area contributed by atoms with E-state index in [9.17, 15) is 0 Å². The van der Waals surface area contributed by atoms with E-state index in [1.807, 2.05) is 19.1 Å². The lowest BCUT2D eigenvalue weighted by molar-refractivity contribution is 0.413. The molecule has 22 heavy (non-hydrogen) atoms. The molecular weight excluding hydrogens is 274 g/mol. The first kappa shape index (κ1) is 14.9. The molecule has 1 unspecified atom stereocenters. The van der Waals surface area contributed by atoms with E-state index in [2.05, 4.69) is 46.4 Å². The molecule has 0 bridgehead atoms. The minimum Gasteiger partial charge on any atom is -0.497 e. The SMILES string of the molecule is COc1cc(C)nc(CN2CC(C)NCc3ccccc32)c1. The highest BCUT2D eigenvalue weighted by Gasteiger charge is 2.19. The molecule has 0 fully saturated rings. The predicted molar refractivity (Wildman–Crippen MR) is 89.3 cm³/mol. The third-order valence-electron chi connectivity index (χ3n) is 4.04. The number of para-hydroxylation sites is 1. The number of nitrogens with one attached hydrogen (secondary N) is 1. The Morgan fingerprint density at radius 2 is 2.14 bits per heavy atom. The van der Waals surface area contributed by atoms with Crippen molar-refractivity contribution in [2.75, 3.05) is 18.6 Å². The van der Waals surface area contributed by atoms with Gasteiger partial charge >= 0.3 is 0 Å². The van der Waals surface area contributed by atoms with Crippen molar-refractivity contribution in [3.05, 3.63) is 53.3 Å². The molecule has 1 aliphatic rings. The summed E-state index contributed by atoms with van der Waals surface area (Å²) in [6.07, 6.45) is 0. The minimum absolute atomic E-state index is 0.444. The second-order valence-electron chi connectivity index (χ2n) is 5.93. The number of aryl methyl sites for hydroxylation is 1. The van der Waals surface area contributed by atoms with Gasteiger partial charge < -0.3 is 15.0 Å². The van der Waals surface area contributed by atoms with Gasteiger partial charge in [0.25, 0.3) is 0 Å². The van der Waals surface area contributed by atoms with Crippen LogP contribution in [0.2, 0.25) is 0 Å². The summed E-state index contributed by atoms with van der Waals surface area (Å²) in [6, 6.07) is 13.0. The molecule has 0 saturated carbocycles. The number of anilines is 1. The van der Waals surface area contributed by atoms with Crippen molar-refractivity contribution >= 4 is 5.69 Å². The van der Waals surface area contributed by atoms with Gasteiger partial charge in [0.1, 0.15) is 5.75 Å². The average Bonchev–Trinajstić information content (AvgIpc) is 2.66. The molecule has 1 aliphatic heterocycles. The van der Waals surface area contributed by atoms with Crippen molar-refractivity contribution < 1.29 is 4.74 Å². The lowest BCUT2D eigenvalue weighted by Crippen LogP contribution is -2.35. The monoisotopic (exact) mass is 297 g/mol. The lowest BCUT2D eigenvalue weighted by Gasteiger charge is -2.26. The van der Waals surface area contributed by atoms with Gasteiger partial charge in [-0.2, -0.15) is 0 Å². The van der Waals surface area contributed by atoms with E-state index in [1.54, 1.807) is 7.11 Å². The Balaban J connectivity index is 1.91. The van der Waals surface area contributed by atoms with Gasteiger partial charge in [0.2, 0.25) is 0 Å². The van der Waals surface area contributed by atoms with Crippen LogP contribution in [0.3, 0.4) is 0 Å². The first-order valence-corrected chi connectivity index (χ1v) is 7.73. The highest BCUT2D eigenvalue weighted by atomic mass is 16.5. The summed E-state index contributed by atoms with van der Waals surface area (Å²) in [4.78, 5) is 7.07. The van der Waals surface area contributed by atoms with Crippen LogP contribution in [0.15, 0.2) is 36.4 Å². The maximum absolute atomic E-state index is 5.37. The van der Waals surface area contributed by atoms with E-state index in [4.69, 9.17) is 4.74 Å². The Kier molecular flexibility index (Phi) is 4.29. The standard InChI is InChI=1S/C18H23N3O/c1-13-8-17(22-3)9-16(20-13)12-21-11-14(2)19-10-15-6-4-5-7-18(15)21/h4-9,14,19H,10-12H2,1-3H3. The molecule has 2 aromatic rings. The number of aromatic nitrogens is 1. The number of ether oxygens (including phenoxy) is 1. The second-order valence-corrected chi connectivity index (χ2v) is 5.93. The Bertz CT molecular complexity index is 657. The first-order chi connectivity index (χ1) is 10.7. The van der Waals surface area contributed by atoms with E-state index in [0.717, 1.165) is 36.8 Å². The Morgan fingerprint density at radius 1 is 1.32 bits per heavy atom. The van der Waals surface area contributed by atoms with Gasteiger partial charge in [-0.15, -0.1) is 0 Å². The molecule has 1 atom stereocenters. The fourth-order valence-corrected chi connectivity index (χ4v) is 2.99. The summed E-state index contributed by atoms with van der Waals surface area (Å²) < 4.78 is 5.37. The highest BCUT2D eigenvalue weighted by Crippen LogP contribution is 2.25. The van der Waals surface area contributed by atoms with E-state index in [-0.39, 0.29) is 0 Å². The first-order valence-electron chi connectivity index (χ1n) is 7.73. The number of nitrogens with zero attached hydrogens (tertiary/aromatic N) is 2. The molecule has 0 amide bonds. The van der Waals surface area contributed by atoms with Gasteiger partial charge in [-0.25, -0.2) is 0 Å². The van der Waals surface area contributed by atoms with E-state index < -0.39 is 0 Å². The molecule has 0 radical (unpaired) electrons. The minimum atomic E-state index is 0.444. The molecule has 116 valence electrons. The van der Waals surface area contributed by atoms with Crippen LogP contribution in [-0.2, 0) is 13.1 Å². The van der Waals surface area contributed by atoms with Crippen LogP contribution in [0.1, 0.15) is 23.9 Å². The van der Waals surface area contributed by atoms with Crippen LogP contribution in [0.25, 0.3) is 0 Å². The summed E-state index contributed by atoms with van der Waals surface area (Å²) in [7, 11) is 1.70. The van der Waals surface area contributed by atoms with E-state index in [1.165, 1.54) is 11.3 Å². The summed E-state index contributed by atoms with van der Waals surface area (Å²) in [5, 5.41) is 3.56. The Labute approximate surface area is 132 Å². The van der Waals surface area contributed by atoms with Crippen LogP contribution in [0.5, 0.6) is 5.75 Å². The molecular formula is C18H23N3O. The quantitative estimate of drug-likeness (QED) is 0.945. The summed E-state index contributed by atoms with van der Waals surface area (Å²) in [5.41, 5.74) is 4.66. The van der Waals surface area contributed by atoms with Crippen LogP contribution in [-0.4, -0.2) is 24.7 Å². The van der Waals surface area contributed by atoms with Gasteiger partial charge in [-0.05, 0) is 25.5 Å². The number of benzene rings is 1.